The zero-order valence-corrected chi connectivity index (χ0v) is 21.5. The SMILES string of the molecule is C=C1/C=C(c2ccnc(-c3ccccc3)n2)\C=C/CCC(O[C@@H]2O[C@@H](C)[C@H](OC)[C@@H](OC)[C@H]2OC)C1. The van der Waals surface area contributed by atoms with Crippen LogP contribution in [-0.2, 0) is 23.7 Å². The molecule has 4 rings (SSSR count). The molecule has 0 N–H and O–H groups in total. The first-order valence-corrected chi connectivity index (χ1v) is 12.4. The van der Waals surface area contributed by atoms with E-state index in [-0.39, 0.29) is 24.4 Å². The molecule has 0 bridgehead atoms. The topological polar surface area (TPSA) is 71.9 Å². The lowest BCUT2D eigenvalue weighted by atomic mass is 9.98. The van der Waals surface area contributed by atoms with Gasteiger partial charge in [-0.2, -0.15) is 0 Å². The van der Waals surface area contributed by atoms with Gasteiger partial charge in [-0.25, -0.2) is 9.97 Å². The van der Waals surface area contributed by atoms with Crippen LogP contribution in [0.5, 0.6) is 0 Å². The summed E-state index contributed by atoms with van der Waals surface area (Å²) in [6.45, 7) is 6.28. The maximum atomic E-state index is 6.48. The summed E-state index contributed by atoms with van der Waals surface area (Å²) < 4.78 is 29.7. The summed E-state index contributed by atoms with van der Waals surface area (Å²) in [5.74, 6) is 0.699. The quantitative estimate of drug-likeness (QED) is 0.539. The first-order valence-electron chi connectivity index (χ1n) is 12.4. The third-order valence-electron chi connectivity index (χ3n) is 6.66. The summed E-state index contributed by atoms with van der Waals surface area (Å²) >= 11 is 0. The molecule has 2 heterocycles. The molecule has 7 heteroatoms. The van der Waals surface area contributed by atoms with Crippen molar-refractivity contribution in [2.45, 2.75) is 63.0 Å². The van der Waals surface area contributed by atoms with Gasteiger partial charge in [0.25, 0.3) is 0 Å². The molecule has 1 aromatic carbocycles. The van der Waals surface area contributed by atoms with E-state index in [1.54, 1.807) is 27.5 Å². The fourth-order valence-electron chi connectivity index (χ4n) is 4.85. The van der Waals surface area contributed by atoms with Crippen LogP contribution in [0.15, 0.2) is 73.0 Å². The maximum absolute atomic E-state index is 6.48. The van der Waals surface area contributed by atoms with E-state index in [9.17, 15) is 0 Å². The summed E-state index contributed by atoms with van der Waals surface area (Å²) in [7, 11) is 4.96. The Balaban J connectivity index is 1.50. The highest BCUT2D eigenvalue weighted by Crippen LogP contribution is 2.31. The number of hydrogen-bond acceptors (Lipinski definition) is 7. The van der Waals surface area contributed by atoms with Crippen LogP contribution in [0.3, 0.4) is 0 Å². The Morgan fingerprint density at radius 1 is 0.972 bits per heavy atom. The zero-order valence-electron chi connectivity index (χ0n) is 21.5. The number of allylic oxidation sites excluding steroid dienone is 4. The zero-order chi connectivity index (χ0) is 25.5. The standard InChI is InChI=1S/C29H36N2O5/c1-19-17-22(24-15-16-30-28(31-24)21-11-7-6-8-12-21)13-9-10-14-23(18-19)36-29-27(34-5)26(33-4)25(32-3)20(2)35-29/h6-9,11-13,15-17,20,23,25-27,29H,1,10,14,18H2,2-5H3/b13-9-,22-17+/t20-,23?,25-,26+,27+,29-/m0/s1. The van der Waals surface area contributed by atoms with Crippen LogP contribution < -0.4 is 0 Å². The van der Waals surface area contributed by atoms with Crippen LogP contribution in [0, 0.1) is 0 Å². The van der Waals surface area contributed by atoms with Gasteiger partial charge in [-0.15, -0.1) is 0 Å². The summed E-state index contributed by atoms with van der Waals surface area (Å²) in [6, 6.07) is 11.9. The molecule has 0 amide bonds. The van der Waals surface area contributed by atoms with Crippen LogP contribution in [0.25, 0.3) is 17.0 Å². The molecule has 0 spiro atoms. The summed E-state index contributed by atoms with van der Waals surface area (Å²) in [5.41, 5.74) is 3.80. The summed E-state index contributed by atoms with van der Waals surface area (Å²) in [6.07, 6.45) is 8.68. The lowest BCUT2D eigenvalue weighted by Crippen LogP contribution is -2.59. The molecule has 1 aliphatic heterocycles. The van der Waals surface area contributed by atoms with Crippen LogP contribution in [0.1, 0.15) is 31.9 Å². The van der Waals surface area contributed by atoms with Gasteiger partial charge in [-0.3, -0.25) is 0 Å². The van der Waals surface area contributed by atoms with E-state index in [0.717, 1.165) is 35.2 Å². The second-order valence-electron chi connectivity index (χ2n) is 9.14. The Kier molecular flexibility index (Phi) is 9.18. The van der Waals surface area contributed by atoms with Gasteiger partial charge in [0, 0.05) is 38.7 Å². The Bertz CT molecular complexity index is 1070. The van der Waals surface area contributed by atoms with Gasteiger partial charge in [-0.1, -0.05) is 60.7 Å². The number of rotatable bonds is 7. The van der Waals surface area contributed by atoms with Gasteiger partial charge >= 0.3 is 0 Å². The van der Waals surface area contributed by atoms with Crippen molar-refractivity contribution in [3.05, 3.63) is 78.7 Å². The average Bonchev–Trinajstić information content (AvgIpc) is 2.99. The molecule has 1 aliphatic carbocycles. The first-order chi connectivity index (χ1) is 17.5. The van der Waals surface area contributed by atoms with Crippen molar-refractivity contribution < 1.29 is 23.7 Å². The second-order valence-corrected chi connectivity index (χ2v) is 9.14. The van der Waals surface area contributed by atoms with Gasteiger partial charge in [0.05, 0.1) is 17.9 Å². The van der Waals surface area contributed by atoms with Gasteiger partial charge < -0.3 is 23.7 Å². The fourth-order valence-corrected chi connectivity index (χ4v) is 4.85. The number of hydrogen-bond donors (Lipinski definition) is 0. The number of ether oxygens (including phenoxy) is 5. The normalized spacial score (nSPS) is 31.6. The molecule has 1 unspecified atom stereocenters. The van der Waals surface area contributed by atoms with E-state index < -0.39 is 12.4 Å². The average molecular weight is 493 g/mol. The number of nitrogens with zero attached hydrogens (tertiary/aromatic N) is 2. The van der Waals surface area contributed by atoms with Crippen LogP contribution in [0.4, 0.5) is 0 Å². The Labute approximate surface area is 213 Å². The molecule has 1 aromatic heterocycles. The predicted molar refractivity (Wildman–Crippen MR) is 139 cm³/mol. The van der Waals surface area contributed by atoms with Gasteiger partial charge in [-0.05, 0) is 32.3 Å². The number of methoxy groups -OCH3 is 3. The van der Waals surface area contributed by atoms with E-state index in [1.807, 2.05) is 43.3 Å². The van der Waals surface area contributed by atoms with Crippen molar-refractivity contribution >= 4 is 5.57 Å². The van der Waals surface area contributed by atoms with Crippen LogP contribution >= 0.6 is 0 Å². The Hall–Kier alpha value is -2.68. The minimum atomic E-state index is -0.567. The molecule has 7 nitrogen and oxygen atoms in total. The molecule has 2 aromatic rings. The monoisotopic (exact) mass is 492 g/mol. The summed E-state index contributed by atoms with van der Waals surface area (Å²) in [5, 5.41) is 0. The van der Waals surface area contributed by atoms with Gasteiger partial charge in [0.15, 0.2) is 12.1 Å². The van der Waals surface area contributed by atoms with E-state index in [4.69, 9.17) is 28.7 Å². The molecule has 1 saturated heterocycles. The molecule has 36 heavy (non-hydrogen) atoms. The Morgan fingerprint density at radius 2 is 1.72 bits per heavy atom. The Morgan fingerprint density at radius 3 is 2.44 bits per heavy atom. The largest absolute Gasteiger partial charge is 0.376 e. The van der Waals surface area contributed by atoms with E-state index in [2.05, 4.69) is 29.8 Å². The van der Waals surface area contributed by atoms with E-state index in [1.165, 1.54) is 0 Å². The molecule has 192 valence electrons. The lowest BCUT2D eigenvalue weighted by molar-refractivity contribution is -0.315. The van der Waals surface area contributed by atoms with Crippen molar-refractivity contribution in [3.8, 4) is 11.4 Å². The molecule has 0 saturated carbocycles. The van der Waals surface area contributed by atoms with Gasteiger partial charge in [0.2, 0.25) is 0 Å². The van der Waals surface area contributed by atoms with Crippen molar-refractivity contribution in [1.29, 1.82) is 0 Å². The molecular formula is C29H36N2O5. The van der Waals surface area contributed by atoms with Crippen LogP contribution in [-0.4, -0.2) is 68.1 Å². The minimum absolute atomic E-state index is 0.0884. The van der Waals surface area contributed by atoms with Crippen molar-refractivity contribution in [1.82, 2.24) is 9.97 Å². The molecule has 2 aliphatic rings. The highest BCUT2D eigenvalue weighted by molar-refractivity contribution is 5.74. The molecule has 1 fully saturated rings. The van der Waals surface area contributed by atoms with Gasteiger partial charge in [0.1, 0.15) is 18.3 Å². The molecule has 6 atom stereocenters. The van der Waals surface area contributed by atoms with E-state index >= 15 is 0 Å². The fraction of sp³-hybridized carbons (Fsp3) is 0.448. The van der Waals surface area contributed by atoms with Crippen LogP contribution in [0.2, 0.25) is 0 Å². The third kappa shape index (κ3) is 6.17. The number of benzene rings is 1. The third-order valence-corrected chi connectivity index (χ3v) is 6.66. The first kappa shape index (κ1) is 26.4. The summed E-state index contributed by atoms with van der Waals surface area (Å²) in [4.78, 5) is 9.27. The smallest absolute Gasteiger partial charge is 0.187 e. The predicted octanol–water partition coefficient (Wildman–Crippen LogP) is 5.00. The van der Waals surface area contributed by atoms with Crippen molar-refractivity contribution in [3.63, 3.8) is 0 Å². The minimum Gasteiger partial charge on any atom is -0.376 e. The lowest BCUT2D eigenvalue weighted by Gasteiger charge is -2.44. The van der Waals surface area contributed by atoms with Crippen molar-refractivity contribution in [2.75, 3.05) is 21.3 Å². The number of aromatic nitrogens is 2. The molecular weight excluding hydrogens is 456 g/mol. The molecule has 0 radical (unpaired) electrons. The second kappa shape index (κ2) is 12.5. The van der Waals surface area contributed by atoms with E-state index in [0.29, 0.717) is 12.2 Å². The highest BCUT2D eigenvalue weighted by Gasteiger charge is 2.46. The van der Waals surface area contributed by atoms with Crippen molar-refractivity contribution in [2.24, 2.45) is 0 Å². The highest BCUT2D eigenvalue weighted by atomic mass is 16.7. The maximum Gasteiger partial charge on any atom is 0.187 e.